The van der Waals surface area contributed by atoms with Gasteiger partial charge in [0.2, 0.25) is 0 Å². The van der Waals surface area contributed by atoms with E-state index in [0.717, 1.165) is 19.6 Å². The van der Waals surface area contributed by atoms with Gasteiger partial charge in [-0.2, -0.15) is 0 Å². The maximum absolute atomic E-state index is 5.61. The van der Waals surface area contributed by atoms with Crippen LogP contribution in [-0.2, 0) is 4.74 Å². The Morgan fingerprint density at radius 1 is 1.41 bits per heavy atom. The molecule has 2 nitrogen and oxygen atoms in total. The minimum atomic E-state index is 0.482. The van der Waals surface area contributed by atoms with Crippen molar-refractivity contribution in [1.29, 1.82) is 0 Å². The molecule has 1 aliphatic heterocycles. The van der Waals surface area contributed by atoms with Crippen LogP contribution in [0.2, 0.25) is 0 Å². The van der Waals surface area contributed by atoms with E-state index in [-0.39, 0.29) is 0 Å². The molecule has 0 aliphatic carbocycles. The topological polar surface area (TPSA) is 21.3 Å². The van der Waals surface area contributed by atoms with E-state index >= 15 is 0 Å². The summed E-state index contributed by atoms with van der Waals surface area (Å²) in [4.78, 5) is 0. The molecule has 0 bridgehead atoms. The van der Waals surface area contributed by atoms with Crippen molar-refractivity contribution in [3.63, 3.8) is 0 Å². The molecule has 2 rings (SSSR count). The van der Waals surface area contributed by atoms with Gasteiger partial charge < -0.3 is 10.1 Å². The van der Waals surface area contributed by atoms with E-state index in [1.54, 1.807) is 0 Å². The second kappa shape index (κ2) is 6.06. The Labute approximate surface area is 104 Å². The zero-order valence-corrected chi connectivity index (χ0v) is 10.9. The van der Waals surface area contributed by atoms with Crippen LogP contribution < -0.4 is 5.32 Å². The Hall–Kier alpha value is -1.02. The van der Waals surface area contributed by atoms with E-state index in [2.05, 4.69) is 43.4 Å². The van der Waals surface area contributed by atoms with Crippen LogP contribution in [0.1, 0.15) is 44.6 Å². The molecule has 1 heterocycles. The summed E-state index contributed by atoms with van der Waals surface area (Å²) in [6, 6.07) is 8.71. The highest BCUT2D eigenvalue weighted by Gasteiger charge is 2.14. The van der Waals surface area contributed by atoms with Crippen LogP contribution in [0.4, 0.5) is 5.69 Å². The zero-order valence-electron chi connectivity index (χ0n) is 10.9. The third-order valence-corrected chi connectivity index (χ3v) is 3.37. The molecule has 1 aliphatic rings. The van der Waals surface area contributed by atoms with Gasteiger partial charge in [-0.3, -0.25) is 0 Å². The van der Waals surface area contributed by atoms with Crippen LogP contribution in [0.25, 0.3) is 0 Å². The largest absolute Gasteiger partial charge is 0.385 e. The summed E-state index contributed by atoms with van der Waals surface area (Å²) in [7, 11) is 0. The van der Waals surface area contributed by atoms with Crippen LogP contribution in [-0.4, -0.2) is 19.3 Å². The average molecular weight is 233 g/mol. The zero-order chi connectivity index (χ0) is 12.1. The van der Waals surface area contributed by atoms with Crippen molar-refractivity contribution in [2.75, 3.05) is 18.5 Å². The number of benzene rings is 1. The lowest BCUT2D eigenvalue weighted by molar-refractivity contribution is 0.107. The standard InChI is InChI=1S/C15H23NO/c1-12(2)13-5-3-6-14(11-13)16-9-8-15-7-4-10-17-15/h3,5-6,11-12,15-16H,4,7-10H2,1-2H3. The van der Waals surface area contributed by atoms with E-state index in [4.69, 9.17) is 4.74 Å². The Morgan fingerprint density at radius 3 is 3.00 bits per heavy atom. The highest BCUT2D eigenvalue weighted by Crippen LogP contribution is 2.19. The third kappa shape index (κ3) is 3.74. The number of ether oxygens (including phenoxy) is 1. The number of anilines is 1. The smallest absolute Gasteiger partial charge is 0.0592 e. The second-order valence-corrected chi connectivity index (χ2v) is 5.13. The summed E-state index contributed by atoms with van der Waals surface area (Å²) in [5.41, 5.74) is 2.63. The van der Waals surface area contributed by atoms with Crippen LogP contribution >= 0.6 is 0 Å². The van der Waals surface area contributed by atoms with Crippen molar-refractivity contribution in [1.82, 2.24) is 0 Å². The van der Waals surface area contributed by atoms with E-state index in [9.17, 15) is 0 Å². The molecule has 1 N–H and O–H groups in total. The Kier molecular flexibility index (Phi) is 4.43. The predicted molar refractivity (Wildman–Crippen MR) is 72.6 cm³/mol. The number of hydrogen-bond acceptors (Lipinski definition) is 2. The lowest BCUT2D eigenvalue weighted by Crippen LogP contribution is -2.12. The van der Waals surface area contributed by atoms with Gasteiger partial charge >= 0.3 is 0 Å². The van der Waals surface area contributed by atoms with Crippen molar-refractivity contribution in [2.45, 2.75) is 45.1 Å². The Bertz CT molecular complexity index is 343. The summed E-state index contributed by atoms with van der Waals surface area (Å²) in [6.07, 6.45) is 4.06. The first-order valence-electron chi connectivity index (χ1n) is 6.71. The van der Waals surface area contributed by atoms with Crippen molar-refractivity contribution >= 4 is 5.69 Å². The monoisotopic (exact) mass is 233 g/mol. The molecular weight excluding hydrogens is 210 g/mol. The Balaban J connectivity index is 1.79. The van der Waals surface area contributed by atoms with Crippen LogP contribution in [0.3, 0.4) is 0 Å². The molecule has 1 aromatic carbocycles. The molecule has 1 unspecified atom stereocenters. The molecule has 0 amide bonds. The van der Waals surface area contributed by atoms with Gasteiger partial charge in [0.15, 0.2) is 0 Å². The van der Waals surface area contributed by atoms with Crippen LogP contribution in [0, 0.1) is 0 Å². The summed E-state index contributed by atoms with van der Waals surface area (Å²) >= 11 is 0. The highest BCUT2D eigenvalue weighted by atomic mass is 16.5. The average Bonchev–Trinajstić information content (AvgIpc) is 2.82. The summed E-state index contributed by atoms with van der Waals surface area (Å²) < 4.78 is 5.61. The Morgan fingerprint density at radius 2 is 2.29 bits per heavy atom. The normalized spacial score (nSPS) is 19.8. The van der Waals surface area contributed by atoms with Crippen molar-refractivity contribution in [3.05, 3.63) is 29.8 Å². The fourth-order valence-corrected chi connectivity index (χ4v) is 2.26. The van der Waals surface area contributed by atoms with E-state index < -0.39 is 0 Å². The van der Waals surface area contributed by atoms with Gasteiger partial charge in [-0.05, 0) is 42.9 Å². The molecule has 1 aromatic rings. The first kappa shape index (κ1) is 12.4. The van der Waals surface area contributed by atoms with Gasteiger partial charge in [0.25, 0.3) is 0 Å². The summed E-state index contributed by atoms with van der Waals surface area (Å²) in [5, 5.41) is 3.49. The highest BCUT2D eigenvalue weighted by molar-refractivity contribution is 5.46. The van der Waals surface area contributed by atoms with E-state index in [1.165, 1.54) is 24.1 Å². The molecule has 1 saturated heterocycles. The molecular formula is C15H23NO. The molecule has 2 heteroatoms. The van der Waals surface area contributed by atoms with Crippen LogP contribution in [0.5, 0.6) is 0 Å². The molecule has 0 spiro atoms. The van der Waals surface area contributed by atoms with Gasteiger partial charge in [0, 0.05) is 18.8 Å². The fourth-order valence-electron chi connectivity index (χ4n) is 2.26. The third-order valence-electron chi connectivity index (χ3n) is 3.37. The predicted octanol–water partition coefficient (Wildman–Crippen LogP) is 3.79. The summed E-state index contributed by atoms with van der Waals surface area (Å²) in [5.74, 6) is 0.593. The van der Waals surface area contributed by atoms with Gasteiger partial charge in [-0.15, -0.1) is 0 Å². The molecule has 94 valence electrons. The van der Waals surface area contributed by atoms with Gasteiger partial charge in [0.1, 0.15) is 0 Å². The lowest BCUT2D eigenvalue weighted by Gasteiger charge is -2.12. The molecule has 0 saturated carbocycles. The van der Waals surface area contributed by atoms with Crippen molar-refractivity contribution in [2.24, 2.45) is 0 Å². The van der Waals surface area contributed by atoms with Gasteiger partial charge in [-0.1, -0.05) is 26.0 Å². The maximum atomic E-state index is 5.61. The molecule has 0 aromatic heterocycles. The minimum Gasteiger partial charge on any atom is -0.385 e. The molecule has 17 heavy (non-hydrogen) atoms. The quantitative estimate of drug-likeness (QED) is 0.835. The maximum Gasteiger partial charge on any atom is 0.0592 e. The number of hydrogen-bond donors (Lipinski definition) is 1. The lowest BCUT2D eigenvalue weighted by atomic mass is 10.0. The first-order valence-corrected chi connectivity index (χ1v) is 6.71. The van der Waals surface area contributed by atoms with Gasteiger partial charge in [-0.25, -0.2) is 0 Å². The minimum absolute atomic E-state index is 0.482. The van der Waals surface area contributed by atoms with Gasteiger partial charge in [0.05, 0.1) is 6.10 Å². The van der Waals surface area contributed by atoms with Crippen LogP contribution in [0.15, 0.2) is 24.3 Å². The molecule has 1 atom stereocenters. The van der Waals surface area contributed by atoms with E-state index in [1.807, 2.05) is 0 Å². The summed E-state index contributed by atoms with van der Waals surface area (Å²) in [6.45, 7) is 6.41. The molecule has 1 fully saturated rings. The SMILES string of the molecule is CC(C)c1cccc(NCCC2CCCO2)c1. The van der Waals surface area contributed by atoms with E-state index in [0.29, 0.717) is 12.0 Å². The van der Waals surface area contributed by atoms with Crippen molar-refractivity contribution in [3.8, 4) is 0 Å². The fraction of sp³-hybridized carbons (Fsp3) is 0.600. The van der Waals surface area contributed by atoms with Crippen molar-refractivity contribution < 1.29 is 4.74 Å². The molecule has 0 radical (unpaired) electrons. The first-order chi connectivity index (χ1) is 8.25. The number of rotatable bonds is 5. The second-order valence-electron chi connectivity index (χ2n) is 5.13. The number of nitrogens with one attached hydrogen (secondary N) is 1.